The fourth-order valence-corrected chi connectivity index (χ4v) is 3.95. The third-order valence-corrected chi connectivity index (χ3v) is 5.59. The number of anilines is 1. The van der Waals surface area contributed by atoms with Gasteiger partial charge < -0.3 is 10.1 Å². The first-order chi connectivity index (χ1) is 13.1. The second kappa shape index (κ2) is 7.02. The van der Waals surface area contributed by atoms with Gasteiger partial charge in [0, 0.05) is 17.3 Å². The number of ether oxygens (including phenoxy) is 1. The summed E-state index contributed by atoms with van der Waals surface area (Å²) < 4.78 is 7.35. The molecule has 3 aromatic rings. The van der Waals surface area contributed by atoms with Crippen molar-refractivity contribution in [2.75, 3.05) is 12.4 Å². The second-order valence-electron chi connectivity index (χ2n) is 7.14. The van der Waals surface area contributed by atoms with Crippen LogP contribution < -0.4 is 10.1 Å². The molecule has 0 bridgehead atoms. The highest BCUT2D eigenvalue weighted by atomic mass is 16.5. The molecule has 1 aliphatic carbocycles. The van der Waals surface area contributed by atoms with E-state index in [9.17, 15) is 4.79 Å². The Morgan fingerprint density at radius 3 is 2.52 bits per heavy atom. The smallest absolute Gasteiger partial charge is 0.228 e. The molecule has 6 heteroatoms. The van der Waals surface area contributed by atoms with Crippen LogP contribution in [0.1, 0.15) is 36.9 Å². The highest BCUT2D eigenvalue weighted by molar-refractivity contribution is 6.01. The van der Waals surface area contributed by atoms with E-state index in [1.165, 1.54) is 6.33 Å². The van der Waals surface area contributed by atoms with E-state index in [0.29, 0.717) is 5.82 Å². The van der Waals surface area contributed by atoms with Crippen LogP contribution in [0.3, 0.4) is 0 Å². The predicted molar refractivity (Wildman–Crippen MR) is 105 cm³/mol. The SMILES string of the molecule is COc1ccc(-n2c(C)c(C)c3c(NC(=O)C4CCCC4)ncnc32)cc1. The molecule has 4 rings (SSSR count). The molecule has 1 saturated carbocycles. The zero-order valence-electron chi connectivity index (χ0n) is 16.0. The summed E-state index contributed by atoms with van der Waals surface area (Å²) in [5, 5.41) is 3.95. The minimum absolute atomic E-state index is 0.0711. The summed E-state index contributed by atoms with van der Waals surface area (Å²) in [5.41, 5.74) is 3.94. The van der Waals surface area contributed by atoms with E-state index in [1.54, 1.807) is 7.11 Å². The lowest BCUT2D eigenvalue weighted by molar-refractivity contribution is -0.119. The Bertz CT molecular complexity index is 986. The summed E-state index contributed by atoms with van der Waals surface area (Å²) in [4.78, 5) is 21.5. The number of carbonyl (C=O) groups is 1. The van der Waals surface area contributed by atoms with Crippen LogP contribution in [0.15, 0.2) is 30.6 Å². The van der Waals surface area contributed by atoms with Crippen LogP contribution in [0, 0.1) is 19.8 Å². The van der Waals surface area contributed by atoms with E-state index in [4.69, 9.17) is 4.74 Å². The number of hydrogen-bond acceptors (Lipinski definition) is 4. The molecule has 2 aromatic heterocycles. The van der Waals surface area contributed by atoms with Crippen molar-refractivity contribution in [1.82, 2.24) is 14.5 Å². The number of fused-ring (bicyclic) bond motifs is 1. The van der Waals surface area contributed by atoms with E-state index in [-0.39, 0.29) is 11.8 Å². The third-order valence-electron chi connectivity index (χ3n) is 5.59. The van der Waals surface area contributed by atoms with Crippen molar-refractivity contribution in [3.05, 3.63) is 41.9 Å². The van der Waals surface area contributed by atoms with Crippen LogP contribution in [0.5, 0.6) is 5.75 Å². The van der Waals surface area contributed by atoms with Gasteiger partial charge in [0.1, 0.15) is 17.9 Å². The molecule has 1 aliphatic rings. The van der Waals surface area contributed by atoms with Gasteiger partial charge in [0.2, 0.25) is 5.91 Å². The van der Waals surface area contributed by atoms with Gasteiger partial charge in [0.05, 0.1) is 12.5 Å². The zero-order valence-corrected chi connectivity index (χ0v) is 16.0. The van der Waals surface area contributed by atoms with Gasteiger partial charge in [-0.15, -0.1) is 0 Å². The average molecular weight is 364 g/mol. The minimum Gasteiger partial charge on any atom is -0.497 e. The number of methoxy groups -OCH3 is 1. The normalized spacial score (nSPS) is 14.6. The number of nitrogens with zero attached hydrogens (tertiary/aromatic N) is 3. The maximum absolute atomic E-state index is 12.6. The van der Waals surface area contributed by atoms with Gasteiger partial charge in [-0.1, -0.05) is 12.8 Å². The fourth-order valence-electron chi connectivity index (χ4n) is 3.95. The predicted octanol–water partition coefficient (Wildman–Crippen LogP) is 4.17. The van der Waals surface area contributed by atoms with Crippen molar-refractivity contribution in [3.63, 3.8) is 0 Å². The van der Waals surface area contributed by atoms with Gasteiger partial charge in [0.15, 0.2) is 5.65 Å². The number of hydrogen-bond donors (Lipinski definition) is 1. The Labute approximate surface area is 158 Å². The summed E-state index contributed by atoms with van der Waals surface area (Å²) in [5.74, 6) is 1.58. The lowest BCUT2D eigenvalue weighted by atomic mass is 10.1. The largest absolute Gasteiger partial charge is 0.497 e. The maximum Gasteiger partial charge on any atom is 0.228 e. The van der Waals surface area contributed by atoms with E-state index in [1.807, 2.05) is 31.2 Å². The van der Waals surface area contributed by atoms with Gasteiger partial charge in [-0.25, -0.2) is 9.97 Å². The summed E-state index contributed by atoms with van der Waals surface area (Å²) in [7, 11) is 1.65. The number of benzene rings is 1. The van der Waals surface area contributed by atoms with Crippen LogP contribution in [0.2, 0.25) is 0 Å². The Morgan fingerprint density at radius 1 is 1.15 bits per heavy atom. The topological polar surface area (TPSA) is 69.0 Å². The van der Waals surface area contributed by atoms with E-state index in [0.717, 1.165) is 59.4 Å². The first kappa shape index (κ1) is 17.5. The summed E-state index contributed by atoms with van der Waals surface area (Å²) in [6, 6.07) is 7.87. The lowest BCUT2D eigenvalue weighted by Crippen LogP contribution is -2.21. The Balaban J connectivity index is 1.78. The molecule has 1 N–H and O–H groups in total. The van der Waals surface area contributed by atoms with Crippen molar-refractivity contribution in [3.8, 4) is 11.4 Å². The molecular formula is C21H24N4O2. The van der Waals surface area contributed by atoms with Crippen molar-refractivity contribution in [2.24, 2.45) is 5.92 Å². The van der Waals surface area contributed by atoms with Gasteiger partial charge >= 0.3 is 0 Å². The number of rotatable bonds is 4. The number of aryl methyl sites for hydroxylation is 1. The average Bonchev–Trinajstić information content (AvgIpc) is 3.31. The summed E-state index contributed by atoms with van der Waals surface area (Å²) in [6.07, 6.45) is 5.70. The number of amides is 1. The lowest BCUT2D eigenvalue weighted by Gasteiger charge is -2.11. The Morgan fingerprint density at radius 2 is 1.85 bits per heavy atom. The van der Waals surface area contributed by atoms with Gasteiger partial charge in [-0.05, 0) is 56.5 Å². The maximum atomic E-state index is 12.6. The molecule has 1 fully saturated rings. The Kier molecular flexibility index (Phi) is 4.56. The number of aromatic nitrogens is 3. The van der Waals surface area contributed by atoms with Gasteiger partial charge in [-0.3, -0.25) is 9.36 Å². The molecule has 140 valence electrons. The van der Waals surface area contributed by atoms with Crippen LogP contribution in [0.4, 0.5) is 5.82 Å². The van der Waals surface area contributed by atoms with E-state index in [2.05, 4.69) is 26.8 Å². The van der Waals surface area contributed by atoms with E-state index < -0.39 is 0 Å². The fraction of sp³-hybridized carbons (Fsp3) is 0.381. The van der Waals surface area contributed by atoms with Crippen LogP contribution in [0.25, 0.3) is 16.7 Å². The summed E-state index contributed by atoms with van der Waals surface area (Å²) >= 11 is 0. The molecule has 0 aliphatic heterocycles. The molecule has 2 heterocycles. The highest BCUT2D eigenvalue weighted by Gasteiger charge is 2.25. The van der Waals surface area contributed by atoms with E-state index >= 15 is 0 Å². The standard InChI is InChI=1S/C21H24N4O2/c1-13-14(2)25(16-8-10-17(27-3)11-9-16)20-18(13)19(22-12-23-20)24-21(26)15-6-4-5-7-15/h8-12,15H,4-7H2,1-3H3,(H,22,23,24,26). The second-order valence-corrected chi connectivity index (χ2v) is 7.14. The molecule has 0 saturated heterocycles. The zero-order chi connectivity index (χ0) is 19.0. The number of nitrogens with one attached hydrogen (secondary N) is 1. The van der Waals surface area contributed by atoms with Crippen molar-refractivity contribution < 1.29 is 9.53 Å². The van der Waals surface area contributed by atoms with Gasteiger partial charge in [0.25, 0.3) is 0 Å². The molecule has 1 aromatic carbocycles. The molecule has 6 nitrogen and oxygen atoms in total. The first-order valence-electron chi connectivity index (χ1n) is 9.38. The summed E-state index contributed by atoms with van der Waals surface area (Å²) in [6.45, 7) is 4.11. The third kappa shape index (κ3) is 3.05. The van der Waals surface area contributed by atoms with Crippen molar-refractivity contribution >= 4 is 22.8 Å². The minimum atomic E-state index is 0.0711. The van der Waals surface area contributed by atoms with Crippen LogP contribution in [-0.4, -0.2) is 27.6 Å². The van der Waals surface area contributed by atoms with Crippen LogP contribution >= 0.6 is 0 Å². The van der Waals surface area contributed by atoms with Crippen molar-refractivity contribution in [2.45, 2.75) is 39.5 Å². The molecule has 0 unspecified atom stereocenters. The molecule has 27 heavy (non-hydrogen) atoms. The quantitative estimate of drug-likeness (QED) is 0.754. The molecular weight excluding hydrogens is 340 g/mol. The van der Waals surface area contributed by atoms with Crippen molar-refractivity contribution in [1.29, 1.82) is 0 Å². The monoisotopic (exact) mass is 364 g/mol. The molecule has 0 radical (unpaired) electrons. The molecule has 1 amide bonds. The number of carbonyl (C=O) groups excluding carboxylic acids is 1. The van der Waals surface area contributed by atoms with Crippen LogP contribution in [-0.2, 0) is 4.79 Å². The first-order valence-corrected chi connectivity index (χ1v) is 9.38. The molecule has 0 atom stereocenters. The molecule has 0 spiro atoms. The highest BCUT2D eigenvalue weighted by Crippen LogP contribution is 2.33. The van der Waals surface area contributed by atoms with Gasteiger partial charge in [-0.2, -0.15) is 0 Å². The Hall–Kier alpha value is -2.89.